The third-order valence-electron chi connectivity index (χ3n) is 4.48. The zero-order chi connectivity index (χ0) is 17.6. The summed E-state index contributed by atoms with van der Waals surface area (Å²) < 4.78 is 0. The lowest BCUT2D eigenvalue weighted by atomic mass is 10.1. The van der Waals surface area contributed by atoms with E-state index >= 15 is 0 Å². The van der Waals surface area contributed by atoms with Gasteiger partial charge in [-0.3, -0.25) is 14.5 Å². The van der Waals surface area contributed by atoms with E-state index < -0.39 is 0 Å². The molecule has 1 aromatic heterocycles. The van der Waals surface area contributed by atoms with Gasteiger partial charge >= 0.3 is 0 Å². The highest BCUT2D eigenvalue weighted by Crippen LogP contribution is 2.25. The highest BCUT2D eigenvalue weighted by Gasteiger charge is 2.34. The Kier molecular flexibility index (Phi) is 3.77. The highest BCUT2D eigenvalue weighted by molar-refractivity contribution is 6.30. The summed E-state index contributed by atoms with van der Waals surface area (Å²) in [5.41, 5.74) is 3.73. The topological polar surface area (TPSA) is 50.3 Å². The lowest BCUT2D eigenvalue weighted by molar-refractivity contribution is 0.0656. The fourth-order valence-corrected chi connectivity index (χ4v) is 3.41. The molecule has 3 aromatic rings. The van der Waals surface area contributed by atoms with Crippen LogP contribution in [0.25, 0.3) is 10.9 Å². The molecule has 0 atom stereocenters. The van der Waals surface area contributed by atoms with Gasteiger partial charge < -0.3 is 0 Å². The lowest BCUT2D eigenvalue weighted by Gasteiger charge is -2.14. The Morgan fingerprint density at radius 3 is 2.36 bits per heavy atom. The number of carbonyl (C=O) groups excluding carboxylic acids is 2. The van der Waals surface area contributed by atoms with Crippen molar-refractivity contribution in [1.82, 2.24) is 9.88 Å². The number of nitrogens with zero attached hydrogens (tertiary/aromatic N) is 2. The fraction of sp³-hybridized carbons (Fsp3) is 0.150. The molecule has 2 amide bonds. The van der Waals surface area contributed by atoms with Crippen molar-refractivity contribution >= 4 is 34.3 Å². The number of fused-ring (bicyclic) bond motifs is 2. The molecule has 0 saturated carbocycles. The van der Waals surface area contributed by atoms with Gasteiger partial charge in [-0.25, -0.2) is 4.98 Å². The van der Waals surface area contributed by atoms with Crippen LogP contribution in [-0.4, -0.2) is 28.2 Å². The van der Waals surface area contributed by atoms with Crippen LogP contribution in [0.1, 0.15) is 31.8 Å². The van der Waals surface area contributed by atoms with E-state index in [0.717, 1.165) is 22.0 Å². The minimum atomic E-state index is -0.249. The smallest absolute Gasteiger partial charge is 0.261 e. The summed E-state index contributed by atoms with van der Waals surface area (Å²) in [4.78, 5) is 30.5. The molecule has 124 valence electrons. The molecule has 0 aliphatic carbocycles. The molecule has 2 heterocycles. The van der Waals surface area contributed by atoms with E-state index in [-0.39, 0.29) is 18.4 Å². The zero-order valence-corrected chi connectivity index (χ0v) is 14.4. The largest absolute Gasteiger partial charge is 0.274 e. The van der Waals surface area contributed by atoms with Gasteiger partial charge in [-0.15, -0.1) is 0 Å². The Morgan fingerprint density at radius 2 is 1.68 bits per heavy atom. The van der Waals surface area contributed by atoms with Crippen molar-refractivity contribution in [3.8, 4) is 0 Å². The van der Waals surface area contributed by atoms with Crippen LogP contribution in [-0.2, 0) is 6.42 Å². The van der Waals surface area contributed by atoms with E-state index in [1.54, 1.807) is 24.3 Å². The fourth-order valence-electron chi connectivity index (χ4n) is 3.17. The van der Waals surface area contributed by atoms with Crippen molar-refractivity contribution in [2.45, 2.75) is 13.3 Å². The van der Waals surface area contributed by atoms with E-state index in [0.29, 0.717) is 22.7 Å². The molecule has 0 radical (unpaired) electrons. The molecule has 4 rings (SSSR count). The Labute approximate surface area is 150 Å². The molecule has 5 heteroatoms. The molecule has 0 N–H and O–H groups in total. The first-order valence-electron chi connectivity index (χ1n) is 8.05. The van der Waals surface area contributed by atoms with Crippen LogP contribution in [0.3, 0.4) is 0 Å². The summed E-state index contributed by atoms with van der Waals surface area (Å²) in [6, 6.07) is 14.8. The monoisotopic (exact) mass is 350 g/mol. The number of rotatable bonds is 3. The number of imide groups is 1. The molecule has 1 aliphatic heterocycles. The molecule has 25 heavy (non-hydrogen) atoms. The van der Waals surface area contributed by atoms with Gasteiger partial charge in [0.2, 0.25) is 0 Å². The van der Waals surface area contributed by atoms with Crippen molar-refractivity contribution in [1.29, 1.82) is 0 Å². The van der Waals surface area contributed by atoms with Crippen LogP contribution < -0.4 is 0 Å². The van der Waals surface area contributed by atoms with Gasteiger partial charge in [0.15, 0.2) is 0 Å². The average molecular weight is 351 g/mol. The Bertz CT molecular complexity index is 994. The van der Waals surface area contributed by atoms with Crippen LogP contribution in [0.4, 0.5) is 0 Å². The van der Waals surface area contributed by atoms with Gasteiger partial charge in [0.1, 0.15) is 5.15 Å². The van der Waals surface area contributed by atoms with Gasteiger partial charge in [-0.1, -0.05) is 35.4 Å². The third-order valence-corrected chi connectivity index (χ3v) is 4.81. The average Bonchev–Trinajstić information content (AvgIpc) is 2.85. The summed E-state index contributed by atoms with van der Waals surface area (Å²) in [5.74, 6) is -0.498. The molecule has 0 fully saturated rings. The van der Waals surface area contributed by atoms with E-state index in [1.807, 2.05) is 31.2 Å². The maximum atomic E-state index is 12.4. The molecular weight excluding hydrogens is 336 g/mol. The summed E-state index contributed by atoms with van der Waals surface area (Å²) in [5, 5.41) is 1.41. The van der Waals surface area contributed by atoms with Crippen molar-refractivity contribution in [3.05, 3.63) is 75.9 Å². The van der Waals surface area contributed by atoms with Gasteiger partial charge in [0.05, 0.1) is 16.6 Å². The summed E-state index contributed by atoms with van der Waals surface area (Å²) in [7, 11) is 0. The van der Waals surface area contributed by atoms with E-state index in [9.17, 15) is 9.59 Å². The van der Waals surface area contributed by atoms with E-state index in [1.165, 1.54) is 4.90 Å². The van der Waals surface area contributed by atoms with Gasteiger partial charge in [0, 0.05) is 11.9 Å². The number of aromatic nitrogens is 1. The first-order chi connectivity index (χ1) is 12.0. The second-order valence-corrected chi connectivity index (χ2v) is 6.55. The molecule has 2 aromatic carbocycles. The lowest BCUT2D eigenvalue weighted by Crippen LogP contribution is -2.31. The zero-order valence-electron chi connectivity index (χ0n) is 13.6. The Hall–Kier alpha value is -2.72. The minimum Gasteiger partial charge on any atom is -0.274 e. The molecule has 4 nitrogen and oxygen atoms in total. The predicted molar refractivity (Wildman–Crippen MR) is 97.0 cm³/mol. The number of pyridine rings is 1. The molecular formula is C20H15ClN2O2. The van der Waals surface area contributed by atoms with Crippen molar-refractivity contribution in [3.63, 3.8) is 0 Å². The molecule has 0 saturated heterocycles. The highest BCUT2D eigenvalue weighted by atomic mass is 35.5. The minimum absolute atomic E-state index is 0.249. The van der Waals surface area contributed by atoms with E-state index in [2.05, 4.69) is 4.98 Å². The second kappa shape index (κ2) is 5.97. The number of amides is 2. The Balaban J connectivity index is 1.60. The molecule has 0 bridgehead atoms. The van der Waals surface area contributed by atoms with Gasteiger partial charge in [-0.2, -0.15) is 0 Å². The second-order valence-electron chi connectivity index (χ2n) is 6.19. The number of aryl methyl sites for hydroxylation is 1. The first-order valence-corrected chi connectivity index (χ1v) is 8.43. The third kappa shape index (κ3) is 2.68. The molecule has 0 unspecified atom stereocenters. The summed E-state index contributed by atoms with van der Waals surface area (Å²) in [6.07, 6.45) is 0.473. The summed E-state index contributed by atoms with van der Waals surface area (Å²) in [6.45, 7) is 2.30. The maximum Gasteiger partial charge on any atom is 0.261 e. The van der Waals surface area contributed by atoms with Crippen molar-refractivity contribution in [2.75, 3.05) is 6.54 Å². The van der Waals surface area contributed by atoms with Crippen molar-refractivity contribution in [2.24, 2.45) is 0 Å². The molecule has 1 aliphatic rings. The summed E-state index contributed by atoms with van der Waals surface area (Å²) >= 11 is 6.29. The SMILES string of the molecule is Cc1ccc2nc(Cl)c(CCN3C(=O)c4ccccc4C3=O)cc2c1. The number of hydrogen-bond donors (Lipinski definition) is 0. The number of carbonyl (C=O) groups is 2. The number of halogens is 1. The Morgan fingerprint density at radius 1 is 1.00 bits per heavy atom. The number of benzene rings is 2. The normalized spacial score (nSPS) is 13.6. The first kappa shape index (κ1) is 15.8. The maximum absolute atomic E-state index is 12.4. The van der Waals surface area contributed by atoms with E-state index in [4.69, 9.17) is 11.6 Å². The van der Waals surface area contributed by atoms with Gasteiger partial charge in [0.25, 0.3) is 11.8 Å². The van der Waals surface area contributed by atoms with Crippen LogP contribution in [0.15, 0.2) is 48.5 Å². The van der Waals surface area contributed by atoms with Crippen LogP contribution in [0.2, 0.25) is 5.15 Å². The van der Waals surface area contributed by atoms with Crippen LogP contribution >= 0.6 is 11.6 Å². The predicted octanol–water partition coefficient (Wildman–Crippen LogP) is 4.04. The van der Waals surface area contributed by atoms with Crippen LogP contribution in [0.5, 0.6) is 0 Å². The van der Waals surface area contributed by atoms with Gasteiger partial charge in [-0.05, 0) is 49.2 Å². The molecule has 0 spiro atoms. The van der Waals surface area contributed by atoms with Crippen molar-refractivity contribution < 1.29 is 9.59 Å². The standard InChI is InChI=1S/C20H15ClN2O2/c1-12-6-7-17-14(10-12)11-13(18(21)22-17)8-9-23-19(24)15-4-2-3-5-16(15)20(23)25/h2-7,10-11H,8-9H2,1H3. The number of hydrogen-bond acceptors (Lipinski definition) is 3. The quantitative estimate of drug-likeness (QED) is 0.529. The van der Waals surface area contributed by atoms with Crippen LogP contribution in [0, 0.1) is 6.92 Å².